The zero-order valence-electron chi connectivity index (χ0n) is 22.8. The van der Waals surface area contributed by atoms with Gasteiger partial charge in [0.1, 0.15) is 12.6 Å². The Kier molecular flexibility index (Phi) is 11.8. The molecule has 2 amide bonds. The van der Waals surface area contributed by atoms with E-state index in [1.54, 1.807) is 43.3 Å². The lowest BCUT2D eigenvalue weighted by Crippen LogP contribution is -2.53. The van der Waals surface area contributed by atoms with E-state index in [1.165, 1.54) is 35.2 Å². The van der Waals surface area contributed by atoms with Crippen LogP contribution in [0.4, 0.5) is 5.69 Å². The Morgan fingerprint density at radius 2 is 1.54 bits per heavy atom. The average molecular weight is 659 g/mol. The highest BCUT2D eigenvalue weighted by Gasteiger charge is 2.34. The molecule has 3 aromatic rings. The van der Waals surface area contributed by atoms with Crippen LogP contribution in [0.15, 0.2) is 71.6 Å². The van der Waals surface area contributed by atoms with Crippen LogP contribution in [0.2, 0.25) is 20.1 Å². The van der Waals surface area contributed by atoms with Gasteiger partial charge in [-0.05, 0) is 79.9 Å². The first-order valence-electron chi connectivity index (χ1n) is 12.9. The summed E-state index contributed by atoms with van der Waals surface area (Å²) >= 11 is 24.5. The zero-order chi connectivity index (χ0) is 30.3. The molecule has 0 saturated heterocycles. The molecule has 0 fully saturated rings. The van der Waals surface area contributed by atoms with Crippen LogP contribution in [0.25, 0.3) is 0 Å². The van der Waals surface area contributed by atoms with Gasteiger partial charge in [0.2, 0.25) is 11.8 Å². The molecule has 220 valence electrons. The van der Waals surface area contributed by atoms with Gasteiger partial charge in [-0.15, -0.1) is 0 Å². The molecule has 0 heterocycles. The quantitative estimate of drug-likeness (QED) is 0.223. The summed E-state index contributed by atoms with van der Waals surface area (Å²) < 4.78 is 28.7. The molecule has 12 heteroatoms. The molecule has 7 nitrogen and oxygen atoms in total. The number of benzene rings is 3. The van der Waals surface area contributed by atoms with E-state index in [9.17, 15) is 18.0 Å². The van der Waals surface area contributed by atoms with Gasteiger partial charge in [-0.1, -0.05) is 72.4 Å². The van der Waals surface area contributed by atoms with Crippen LogP contribution in [-0.2, 0) is 26.2 Å². The fourth-order valence-electron chi connectivity index (χ4n) is 4.09. The molecule has 0 saturated carbocycles. The van der Waals surface area contributed by atoms with Crippen molar-refractivity contribution in [3.05, 3.63) is 92.4 Å². The van der Waals surface area contributed by atoms with Crippen LogP contribution in [0.1, 0.15) is 39.2 Å². The summed E-state index contributed by atoms with van der Waals surface area (Å²) in [6.45, 7) is 4.99. The second-order valence-corrected chi connectivity index (χ2v) is 13.0. The largest absolute Gasteiger partial charge is 0.352 e. The third-order valence-corrected chi connectivity index (χ3v) is 9.51. The first kappa shape index (κ1) is 33.0. The third-order valence-electron chi connectivity index (χ3n) is 6.50. The topological polar surface area (TPSA) is 86.8 Å². The maximum atomic E-state index is 14.1. The Morgan fingerprint density at radius 1 is 0.854 bits per heavy atom. The van der Waals surface area contributed by atoms with Gasteiger partial charge in [-0.3, -0.25) is 13.9 Å². The lowest BCUT2D eigenvalue weighted by Gasteiger charge is -2.33. The van der Waals surface area contributed by atoms with E-state index in [0.717, 1.165) is 4.31 Å². The van der Waals surface area contributed by atoms with Gasteiger partial charge in [-0.2, -0.15) is 0 Å². The molecule has 3 aromatic carbocycles. The molecule has 0 radical (unpaired) electrons. The Morgan fingerprint density at radius 3 is 2.12 bits per heavy atom. The Hall–Kier alpha value is -2.49. The van der Waals surface area contributed by atoms with Gasteiger partial charge in [0, 0.05) is 22.6 Å². The lowest BCUT2D eigenvalue weighted by molar-refractivity contribution is -0.140. The first-order chi connectivity index (χ1) is 19.4. The van der Waals surface area contributed by atoms with E-state index >= 15 is 0 Å². The minimum atomic E-state index is -4.25. The number of nitrogens with one attached hydrogen (secondary N) is 1. The van der Waals surface area contributed by atoms with Crippen molar-refractivity contribution in [3.63, 3.8) is 0 Å². The zero-order valence-corrected chi connectivity index (χ0v) is 26.6. The Bertz CT molecular complexity index is 1490. The molecule has 1 N–H and O–H groups in total. The van der Waals surface area contributed by atoms with Crippen molar-refractivity contribution in [3.8, 4) is 0 Å². The number of sulfonamides is 1. The van der Waals surface area contributed by atoms with E-state index in [-0.39, 0.29) is 35.5 Å². The number of anilines is 1. The van der Waals surface area contributed by atoms with Crippen LogP contribution < -0.4 is 9.62 Å². The predicted molar refractivity (Wildman–Crippen MR) is 166 cm³/mol. The molecule has 0 bridgehead atoms. The van der Waals surface area contributed by atoms with Crippen LogP contribution >= 0.6 is 46.4 Å². The van der Waals surface area contributed by atoms with Crippen molar-refractivity contribution in [2.75, 3.05) is 10.8 Å². The summed E-state index contributed by atoms with van der Waals surface area (Å²) in [5, 5.41) is 4.22. The van der Waals surface area contributed by atoms with E-state index in [4.69, 9.17) is 46.4 Å². The minimum Gasteiger partial charge on any atom is -0.352 e. The maximum Gasteiger partial charge on any atom is 0.264 e. The SMILES string of the molecule is CC[C@@H](C)NC(=O)[C@H](CC)N(Cc1ccc(Cl)c(Cl)c1)C(=O)CN(c1cccc(Cl)c1)S(=O)(=O)c1ccc(Cl)cc1. The molecule has 0 spiro atoms. The number of rotatable bonds is 12. The fourth-order valence-corrected chi connectivity index (χ4v) is 6.13. The van der Waals surface area contributed by atoms with Crippen molar-refractivity contribution < 1.29 is 18.0 Å². The molecule has 0 aromatic heterocycles. The van der Waals surface area contributed by atoms with E-state index < -0.39 is 28.5 Å². The van der Waals surface area contributed by atoms with Gasteiger partial charge in [0.05, 0.1) is 20.6 Å². The highest BCUT2D eigenvalue weighted by Crippen LogP contribution is 2.28. The smallest absolute Gasteiger partial charge is 0.264 e. The number of hydrogen-bond acceptors (Lipinski definition) is 4. The molecule has 0 aliphatic heterocycles. The molecule has 3 rings (SSSR count). The summed E-state index contributed by atoms with van der Waals surface area (Å²) in [6.07, 6.45) is 0.987. The highest BCUT2D eigenvalue weighted by molar-refractivity contribution is 7.92. The first-order valence-corrected chi connectivity index (χ1v) is 15.9. The number of carbonyl (C=O) groups is 2. The number of nitrogens with zero attached hydrogens (tertiary/aromatic N) is 2. The third kappa shape index (κ3) is 8.52. The van der Waals surface area contributed by atoms with E-state index in [1.807, 2.05) is 13.8 Å². The normalized spacial score (nSPS) is 12.9. The van der Waals surface area contributed by atoms with Crippen molar-refractivity contribution in [2.45, 2.75) is 57.1 Å². The summed E-state index contributed by atoms with van der Waals surface area (Å²) in [4.78, 5) is 28.7. The molecule has 0 unspecified atom stereocenters. The van der Waals surface area contributed by atoms with E-state index in [0.29, 0.717) is 32.1 Å². The summed E-state index contributed by atoms with van der Waals surface area (Å²) in [5.74, 6) is -0.940. The highest BCUT2D eigenvalue weighted by atomic mass is 35.5. The van der Waals surface area contributed by atoms with Gasteiger partial charge in [0.15, 0.2) is 0 Å². The fraction of sp³-hybridized carbons (Fsp3) is 0.310. The number of hydrogen-bond donors (Lipinski definition) is 1. The molecular formula is C29H31Cl4N3O4S. The van der Waals surface area contributed by atoms with Crippen molar-refractivity contribution >= 4 is 73.9 Å². The Balaban J connectivity index is 2.08. The maximum absolute atomic E-state index is 14.1. The van der Waals surface area contributed by atoms with Gasteiger partial charge >= 0.3 is 0 Å². The standard InChI is InChI=1S/C29H31Cl4N3O4S/c1-4-19(3)34-29(38)27(5-2)35(17-20-9-14-25(32)26(33)15-20)28(37)18-36(23-8-6-7-22(31)16-23)41(39,40)24-12-10-21(30)11-13-24/h6-16,19,27H,4-5,17-18H2,1-3H3,(H,34,38)/t19-,27+/m1/s1. The number of halogens is 4. The second-order valence-electron chi connectivity index (χ2n) is 9.46. The lowest BCUT2D eigenvalue weighted by atomic mass is 10.1. The molecule has 41 heavy (non-hydrogen) atoms. The van der Waals surface area contributed by atoms with Crippen molar-refractivity contribution in [2.24, 2.45) is 0 Å². The van der Waals surface area contributed by atoms with Crippen LogP contribution in [0.3, 0.4) is 0 Å². The number of carbonyl (C=O) groups excluding carboxylic acids is 2. The second kappa shape index (κ2) is 14.6. The van der Waals surface area contributed by atoms with Gasteiger partial charge in [0.25, 0.3) is 10.0 Å². The van der Waals surface area contributed by atoms with Crippen LogP contribution in [-0.4, -0.2) is 43.8 Å². The minimum absolute atomic E-state index is 0.00741. The molecule has 0 aliphatic rings. The average Bonchev–Trinajstić information content (AvgIpc) is 2.93. The summed E-state index contributed by atoms with van der Waals surface area (Å²) in [5.41, 5.74) is 0.810. The Labute approximate surface area is 261 Å². The van der Waals surface area contributed by atoms with Crippen LogP contribution in [0, 0.1) is 0 Å². The van der Waals surface area contributed by atoms with Crippen LogP contribution in [0.5, 0.6) is 0 Å². The molecule has 0 aliphatic carbocycles. The van der Waals surface area contributed by atoms with Gasteiger partial charge in [-0.25, -0.2) is 8.42 Å². The molecular weight excluding hydrogens is 628 g/mol. The monoisotopic (exact) mass is 657 g/mol. The molecule has 2 atom stereocenters. The number of amides is 2. The summed E-state index contributed by atoms with van der Waals surface area (Å²) in [7, 11) is -4.25. The van der Waals surface area contributed by atoms with Gasteiger partial charge < -0.3 is 10.2 Å². The van der Waals surface area contributed by atoms with E-state index in [2.05, 4.69) is 5.32 Å². The summed E-state index contributed by atoms with van der Waals surface area (Å²) in [6, 6.07) is 15.7. The van der Waals surface area contributed by atoms with Crippen molar-refractivity contribution in [1.82, 2.24) is 10.2 Å². The predicted octanol–water partition coefficient (Wildman–Crippen LogP) is 7.22. The van der Waals surface area contributed by atoms with Crippen molar-refractivity contribution in [1.29, 1.82) is 0 Å².